The molecule has 1 amide bonds. The summed E-state index contributed by atoms with van der Waals surface area (Å²) in [6.45, 7) is 3.63. The molecule has 0 saturated heterocycles. The van der Waals surface area contributed by atoms with E-state index < -0.39 is 12.1 Å². The lowest BCUT2D eigenvalue weighted by atomic mass is 9.47. The van der Waals surface area contributed by atoms with Crippen LogP contribution < -0.4 is 5.32 Å². The number of rotatable bonds is 4. The molecule has 5 heteroatoms. The maximum Gasteiger partial charge on any atom is 0.407 e. The highest BCUT2D eigenvalue weighted by atomic mass is 16.5. The summed E-state index contributed by atoms with van der Waals surface area (Å²) in [5.74, 6) is -1.05. The number of hydrogen-bond acceptors (Lipinski definition) is 3. The molecular weight excluding hydrogens is 222 g/mol. The van der Waals surface area contributed by atoms with Crippen LogP contribution in [0.2, 0.25) is 0 Å². The van der Waals surface area contributed by atoms with Crippen LogP contribution in [0.15, 0.2) is 12.7 Å². The Labute approximate surface area is 99.8 Å². The molecule has 0 radical (unpaired) electrons. The molecule has 0 heterocycles. The van der Waals surface area contributed by atoms with Gasteiger partial charge in [-0.15, -0.1) is 0 Å². The second kappa shape index (κ2) is 4.39. The Morgan fingerprint density at radius 1 is 1.53 bits per heavy atom. The van der Waals surface area contributed by atoms with Gasteiger partial charge in [-0.25, -0.2) is 4.79 Å². The van der Waals surface area contributed by atoms with E-state index in [1.165, 1.54) is 6.08 Å². The van der Waals surface area contributed by atoms with Gasteiger partial charge < -0.3 is 15.2 Å². The third-order valence-corrected chi connectivity index (χ3v) is 4.07. The van der Waals surface area contributed by atoms with Gasteiger partial charge in [-0.2, -0.15) is 0 Å². The summed E-state index contributed by atoms with van der Waals surface area (Å²) in [6, 6.07) is -0.0466. The standard InChI is InChI=1S/C12H17NO4/c1-2-6-17-11(16)13-9-7-8(10(14)15)12(9)4-3-5-12/h2,8-9H,1,3-7H2,(H,13,16)(H,14,15). The van der Waals surface area contributed by atoms with Crippen LogP contribution in [-0.4, -0.2) is 29.8 Å². The third kappa shape index (κ3) is 1.90. The van der Waals surface area contributed by atoms with E-state index in [0.717, 1.165) is 19.3 Å². The molecule has 2 atom stereocenters. The summed E-state index contributed by atoms with van der Waals surface area (Å²) in [5, 5.41) is 11.8. The molecule has 17 heavy (non-hydrogen) atoms. The number of carbonyl (C=O) groups is 2. The third-order valence-electron chi connectivity index (χ3n) is 4.07. The van der Waals surface area contributed by atoms with Crippen molar-refractivity contribution in [3.8, 4) is 0 Å². The zero-order valence-electron chi connectivity index (χ0n) is 9.65. The summed E-state index contributed by atoms with van der Waals surface area (Å²) in [4.78, 5) is 22.4. The van der Waals surface area contributed by atoms with Crippen LogP contribution in [0, 0.1) is 11.3 Å². The SMILES string of the molecule is C=CCOC(=O)NC1CC(C(=O)O)C12CCC2. The summed E-state index contributed by atoms with van der Waals surface area (Å²) in [5.41, 5.74) is -0.209. The number of alkyl carbamates (subject to hydrolysis) is 1. The van der Waals surface area contributed by atoms with E-state index in [1.54, 1.807) is 0 Å². The number of carbonyl (C=O) groups excluding carboxylic acids is 1. The molecule has 2 aliphatic carbocycles. The Balaban J connectivity index is 1.89. The molecule has 1 spiro atoms. The molecule has 2 saturated carbocycles. The fourth-order valence-electron chi connectivity index (χ4n) is 2.94. The lowest BCUT2D eigenvalue weighted by Crippen LogP contribution is -2.66. The van der Waals surface area contributed by atoms with E-state index in [9.17, 15) is 9.59 Å². The zero-order chi connectivity index (χ0) is 12.5. The minimum absolute atomic E-state index is 0.0466. The van der Waals surface area contributed by atoms with Gasteiger partial charge in [0.1, 0.15) is 6.61 Å². The average Bonchev–Trinajstić information content (AvgIpc) is 2.17. The van der Waals surface area contributed by atoms with E-state index in [1.807, 2.05) is 0 Å². The van der Waals surface area contributed by atoms with Gasteiger partial charge in [-0.3, -0.25) is 4.79 Å². The Morgan fingerprint density at radius 2 is 2.24 bits per heavy atom. The molecule has 5 nitrogen and oxygen atoms in total. The highest BCUT2D eigenvalue weighted by Gasteiger charge is 2.61. The van der Waals surface area contributed by atoms with Crippen LogP contribution in [0.3, 0.4) is 0 Å². The maximum atomic E-state index is 11.4. The number of hydrogen-bond donors (Lipinski definition) is 2. The summed E-state index contributed by atoms with van der Waals surface area (Å²) in [7, 11) is 0. The molecule has 94 valence electrons. The molecular formula is C12H17NO4. The molecule has 0 aromatic rings. The van der Waals surface area contributed by atoms with Crippen molar-refractivity contribution >= 4 is 12.1 Å². The molecule has 2 aliphatic rings. The minimum Gasteiger partial charge on any atom is -0.481 e. The topological polar surface area (TPSA) is 75.6 Å². The first-order valence-corrected chi connectivity index (χ1v) is 5.87. The Kier molecular flexibility index (Phi) is 3.09. The predicted molar refractivity (Wildman–Crippen MR) is 60.5 cm³/mol. The zero-order valence-corrected chi connectivity index (χ0v) is 9.65. The van der Waals surface area contributed by atoms with E-state index in [2.05, 4.69) is 11.9 Å². The van der Waals surface area contributed by atoms with Crippen molar-refractivity contribution in [3.63, 3.8) is 0 Å². The van der Waals surface area contributed by atoms with Crippen LogP contribution in [0.4, 0.5) is 4.79 Å². The average molecular weight is 239 g/mol. The molecule has 2 N–H and O–H groups in total. The smallest absolute Gasteiger partial charge is 0.407 e. The van der Waals surface area contributed by atoms with Crippen LogP contribution >= 0.6 is 0 Å². The first-order valence-electron chi connectivity index (χ1n) is 5.87. The lowest BCUT2D eigenvalue weighted by Gasteiger charge is -2.59. The number of amides is 1. The molecule has 0 aromatic carbocycles. The van der Waals surface area contributed by atoms with Crippen molar-refractivity contribution in [2.45, 2.75) is 31.7 Å². The molecule has 0 aliphatic heterocycles. The Hall–Kier alpha value is -1.52. The van der Waals surface area contributed by atoms with Gasteiger partial charge in [0.2, 0.25) is 0 Å². The number of nitrogens with one attached hydrogen (secondary N) is 1. The lowest BCUT2D eigenvalue weighted by molar-refractivity contribution is -0.167. The van der Waals surface area contributed by atoms with Gasteiger partial charge in [0.25, 0.3) is 0 Å². The Bertz CT molecular complexity index is 348. The second-order valence-electron chi connectivity index (χ2n) is 4.80. The van der Waals surface area contributed by atoms with Crippen molar-refractivity contribution in [1.82, 2.24) is 5.32 Å². The molecule has 0 aromatic heterocycles. The highest BCUT2D eigenvalue weighted by molar-refractivity contribution is 5.75. The summed E-state index contributed by atoms with van der Waals surface area (Å²) < 4.78 is 4.84. The van der Waals surface area contributed by atoms with E-state index in [-0.39, 0.29) is 24.0 Å². The van der Waals surface area contributed by atoms with E-state index in [4.69, 9.17) is 9.84 Å². The largest absolute Gasteiger partial charge is 0.481 e. The van der Waals surface area contributed by atoms with Gasteiger partial charge >= 0.3 is 12.1 Å². The van der Waals surface area contributed by atoms with Gasteiger partial charge in [0.05, 0.1) is 5.92 Å². The van der Waals surface area contributed by atoms with E-state index in [0.29, 0.717) is 6.42 Å². The number of carboxylic acids is 1. The highest BCUT2D eigenvalue weighted by Crippen LogP contribution is 2.59. The first-order chi connectivity index (χ1) is 8.10. The quantitative estimate of drug-likeness (QED) is 0.730. The normalized spacial score (nSPS) is 28.7. The first kappa shape index (κ1) is 12.0. The van der Waals surface area contributed by atoms with Crippen LogP contribution in [0.5, 0.6) is 0 Å². The van der Waals surface area contributed by atoms with Crippen LogP contribution in [0.25, 0.3) is 0 Å². The number of aliphatic carboxylic acids is 1. The van der Waals surface area contributed by atoms with Crippen molar-refractivity contribution in [2.75, 3.05) is 6.61 Å². The van der Waals surface area contributed by atoms with Crippen molar-refractivity contribution < 1.29 is 19.4 Å². The van der Waals surface area contributed by atoms with Gasteiger partial charge in [-0.1, -0.05) is 19.1 Å². The minimum atomic E-state index is -0.748. The number of ether oxygens (including phenoxy) is 1. The maximum absolute atomic E-state index is 11.4. The van der Waals surface area contributed by atoms with E-state index >= 15 is 0 Å². The monoisotopic (exact) mass is 239 g/mol. The van der Waals surface area contributed by atoms with Gasteiger partial charge in [-0.05, 0) is 19.3 Å². The van der Waals surface area contributed by atoms with Crippen molar-refractivity contribution in [2.24, 2.45) is 11.3 Å². The fraction of sp³-hybridized carbons (Fsp3) is 0.667. The number of carboxylic acid groups (broad SMARTS) is 1. The van der Waals surface area contributed by atoms with Crippen molar-refractivity contribution in [1.29, 1.82) is 0 Å². The van der Waals surface area contributed by atoms with Crippen molar-refractivity contribution in [3.05, 3.63) is 12.7 Å². The fourth-order valence-corrected chi connectivity index (χ4v) is 2.94. The summed E-state index contributed by atoms with van der Waals surface area (Å²) in [6.07, 6.45) is 4.35. The van der Waals surface area contributed by atoms with Gasteiger partial charge in [0, 0.05) is 11.5 Å². The molecule has 0 bridgehead atoms. The van der Waals surface area contributed by atoms with Gasteiger partial charge in [0.15, 0.2) is 0 Å². The molecule has 2 fully saturated rings. The van der Waals surface area contributed by atoms with Crippen LogP contribution in [0.1, 0.15) is 25.7 Å². The molecule has 2 rings (SSSR count). The van der Waals surface area contributed by atoms with Crippen LogP contribution in [-0.2, 0) is 9.53 Å². The second-order valence-corrected chi connectivity index (χ2v) is 4.80. The molecule has 2 unspecified atom stereocenters. The summed E-state index contributed by atoms with van der Waals surface area (Å²) >= 11 is 0. The predicted octanol–water partition coefficient (Wildman–Crippen LogP) is 1.54. The Morgan fingerprint density at radius 3 is 2.71 bits per heavy atom.